The molecule has 1 fully saturated rings. The third-order valence-electron chi connectivity index (χ3n) is 3.49. The van der Waals surface area contributed by atoms with Crippen LogP contribution in [0.15, 0.2) is 18.3 Å². The largest absolute Gasteiger partial charge is 0.369 e. The van der Waals surface area contributed by atoms with Crippen molar-refractivity contribution in [3.05, 3.63) is 24.0 Å². The molecule has 1 atom stereocenters. The Bertz CT molecular complexity index is 345. The van der Waals surface area contributed by atoms with Crippen molar-refractivity contribution in [3.8, 4) is 0 Å². The number of nitrogens with zero attached hydrogens (tertiary/aromatic N) is 2. The summed E-state index contributed by atoms with van der Waals surface area (Å²) in [4.78, 5) is 6.85. The number of aryl methyl sites for hydroxylation is 1. The van der Waals surface area contributed by atoms with E-state index in [9.17, 15) is 0 Å². The summed E-state index contributed by atoms with van der Waals surface area (Å²) in [6.07, 6.45) is 3.20. The van der Waals surface area contributed by atoms with E-state index in [2.05, 4.69) is 41.2 Å². The Morgan fingerprint density at radius 1 is 1.41 bits per heavy atom. The van der Waals surface area contributed by atoms with Gasteiger partial charge in [-0.2, -0.15) is 0 Å². The number of rotatable bonds is 2. The second-order valence-electron chi connectivity index (χ2n) is 5.26. The quantitative estimate of drug-likeness (QED) is 0.849. The number of hydrogen-bond donors (Lipinski definition) is 1. The van der Waals surface area contributed by atoms with E-state index in [1.807, 2.05) is 13.1 Å². The maximum atomic E-state index is 4.39. The first kappa shape index (κ1) is 12.4. The third-order valence-corrected chi connectivity index (χ3v) is 3.49. The molecule has 1 aromatic rings. The number of nitrogens with one attached hydrogen (secondary N) is 1. The molecule has 1 aliphatic rings. The Labute approximate surface area is 104 Å². The van der Waals surface area contributed by atoms with Crippen molar-refractivity contribution in [2.75, 3.05) is 24.5 Å². The van der Waals surface area contributed by atoms with Gasteiger partial charge in [0.2, 0.25) is 0 Å². The Morgan fingerprint density at radius 3 is 2.88 bits per heavy atom. The molecule has 2 heterocycles. The molecular weight excluding hydrogens is 210 g/mol. The van der Waals surface area contributed by atoms with Crippen LogP contribution < -0.4 is 10.2 Å². The summed E-state index contributed by atoms with van der Waals surface area (Å²) in [7, 11) is 0. The van der Waals surface area contributed by atoms with E-state index in [1.165, 1.54) is 12.1 Å². The van der Waals surface area contributed by atoms with E-state index in [0.29, 0.717) is 12.0 Å². The van der Waals surface area contributed by atoms with Crippen molar-refractivity contribution in [1.82, 2.24) is 10.3 Å². The first-order valence-electron chi connectivity index (χ1n) is 6.58. The van der Waals surface area contributed by atoms with Crippen molar-refractivity contribution >= 4 is 5.69 Å². The van der Waals surface area contributed by atoms with Gasteiger partial charge in [0, 0.05) is 24.8 Å². The molecule has 1 aromatic heterocycles. The van der Waals surface area contributed by atoms with Gasteiger partial charge >= 0.3 is 0 Å². The van der Waals surface area contributed by atoms with Crippen LogP contribution in [0.4, 0.5) is 5.69 Å². The van der Waals surface area contributed by atoms with Gasteiger partial charge in [0.1, 0.15) is 0 Å². The maximum Gasteiger partial charge on any atom is 0.0553 e. The summed E-state index contributed by atoms with van der Waals surface area (Å²) in [5.41, 5.74) is 2.34. The second-order valence-corrected chi connectivity index (χ2v) is 5.26. The van der Waals surface area contributed by atoms with Gasteiger partial charge in [0.25, 0.3) is 0 Å². The monoisotopic (exact) mass is 233 g/mol. The maximum absolute atomic E-state index is 4.39. The molecule has 0 saturated carbocycles. The van der Waals surface area contributed by atoms with E-state index >= 15 is 0 Å². The van der Waals surface area contributed by atoms with Gasteiger partial charge in [-0.3, -0.25) is 4.98 Å². The smallest absolute Gasteiger partial charge is 0.0553 e. The van der Waals surface area contributed by atoms with E-state index in [-0.39, 0.29) is 0 Å². The fourth-order valence-electron chi connectivity index (χ4n) is 2.28. The fraction of sp³-hybridized carbons (Fsp3) is 0.643. The number of pyridine rings is 1. The topological polar surface area (TPSA) is 28.2 Å². The first-order chi connectivity index (χ1) is 8.16. The van der Waals surface area contributed by atoms with Crippen LogP contribution in [0.5, 0.6) is 0 Å². The van der Waals surface area contributed by atoms with Crippen LogP contribution in [-0.4, -0.2) is 30.7 Å². The zero-order chi connectivity index (χ0) is 12.3. The van der Waals surface area contributed by atoms with Crippen molar-refractivity contribution < 1.29 is 0 Å². The molecule has 3 heteroatoms. The molecule has 0 bridgehead atoms. The molecule has 0 aromatic carbocycles. The molecular formula is C14H23N3. The summed E-state index contributed by atoms with van der Waals surface area (Å²) in [5.74, 6) is 0.675. The van der Waals surface area contributed by atoms with E-state index in [0.717, 1.165) is 25.3 Å². The van der Waals surface area contributed by atoms with E-state index in [1.54, 1.807) is 0 Å². The van der Waals surface area contributed by atoms with Crippen molar-refractivity contribution in [3.63, 3.8) is 0 Å². The summed E-state index contributed by atoms with van der Waals surface area (Å²) in [6.45, 7) is 9.94. The van der Waals surface area contributed by atoms with Gasteiger partial charge in [0.05, 0.1) is 11.9 Å². The number of anilines is 1. The lowest BCUT2D eigenvalue weighted by molar-refractivity contribution is 0.420. The van der Waals surface area contributed by atoms with Gasteiger partial charge in [0.15, 0.2) is 0 Å². The molecule has 2 rings (SSSR count). The van der Waals surface area contributed by atoms with Crippen molar-refractivity contribution in [2.24, 2.45) is 5.92 Å². The lowest BCUT2D eigenvalue weighted by Crippen LogP contribution is -2.41. The summed E-state index contributed by atoms with van der Waals surface area (Å²) >= 11 is 0. The van der Waals surface area contributed by atoms with Gasteiger partial charge in [-0.05, 0) is 37.9 Å². The van der Waals surface area contributed by atoms with Crippen molar-refractivity contribution in [1.29, 1.82) is 0 Å². The molecule has 1 aliphatic heterocycles. The number of aromatic nitrogens is 1. The molecule has 1 N–H and O–H groups in total. The minimum atomic E-state index is 0.582. The highest BCUT2D eigenvalue weighted by Gasteiger charge is 2.20. The molecule has 0 aliphatic carbocycles. The highest BCUT2D eigenvalue weighted by molar-refractivity contribution is 5.44. The summed E-state index contributed by atoms with van der Waals surface area (Å²) in [5, 5.41) is 3.63. The zero-order valence-corrected chi connectivity index (χ0v) is 11.1. The standard InChI is InChI=1S/C14H23N3/c1-11(2)14-10-17(8-4-7-15-14)13-6-5-12(3)16-9-13/h5-6,9,11,14-15H,4,7-8,10H2,1-3H3. The molecule has 1 unspecified atom stereocenters. The normalized spacial score (nSPS) is 21.6. The minimum absolute atomic E-state index is 0.582. The van der Waals surface area contributed by atoms with Gasteiger partial charge in [-0.25, -0.2) is 0 Å². The Balaban J connectivity index is 2.10. The zero-order valence-electron chi connectivity index (χ0n) is 11.1. The SMILES string of the molecule is Cc1ccc(N2CCCNC(C(C)C)C2)cn1. The minimum Gasteiger partial charge on any atom is -0.369 e. The summed E-state index contributed by atoms with van der Waals surface area (Å²) in [6, 6.07) is 4.86. The molecule has 17 heavy (non-hydrogen) atoms. The predicted molar refractivity (Wildman–Crippen MR) is 72.4 cm³/mol. The molecule has 0 spiro atoms. The first-order valence-corrected chi connectivity index (χ1v) is 6.58. The Hall–Kier alpha value is -1.09. The van der Waals surface area contributed by atoms with Crippen LogP contribution in [-0.2, 0) is 0 Å². The lowest BCUT2D eigenvalue weighted by atomic mass is 10.0. The predicted octanol–water partition coefficient (Wildman–Crippen LogP) is 2.21. The van der Waals surface area contributed by atoms with Crippen LogP contribution in [0.1, 0.15) is 26.0 Å². The Kier molecular flexibility index (Phi) is 4.00. The lowest BCUT2D eigenvalue weighted by Gasteiger charge is -2.28. The average molecular weight is 233 g/mol. The van der Waals surface area contributed by atoms with Gasteiger partial charge in [-0.15, -0.1) is 0 Å². The highest BCUT2D eigenvalue weighted by Crippen LogP contribution is 2.17. The summed E-state index contributed by atoms with van der Waals surface area (Å²) < 4.78 is 0. The van der Waals surface area contributed by atoms with Crippen LogP contribution >= 0.6 is 0 Å². The average Bonchev–Trinajstić information content (AvgIpc) is 2.55. The van der Waals surface area contributed by atoms with Crippen LogP contribution in [0, 0.1) is 12.8 Å². The van der Waals surface area contributed by atoms with Crippen LogP contribution in [0.3, 0.4) is 0 Å². The third kappa shape index (κ3) is 3.19. The van der Waals surface area contributed by atoms with E-state index in [4.69, 9.17) is 0 Å². The molecule has 94 valence electrons. The fourth-order valence-corrected chi connectivity index (χ4v) is 2.28. The van der Waals surface area contributed by atoms with E-state index < -0.39 is 0 Å². The second kappa shape index (κ2) is 5.50. The number of hydrogen-bond acceptors (Lipinski definition) is 3. The molecule has 0 radical (unpaired) electrons. The molecule has 0 amide bonds. The van der Waals surface area contributed by atoms with Gasteiger partial charge in [-0.1, -0.05) is 13.8 Å². The van der Waals surface area contributed by atoms with Crippen LogP contribution in [0.2, 0.25) is 0 Å². The Morgan fingerprint density at radius 2 is 2.24 bits per heavy atom. The van der Waals surface area contributed by atoms with Crippen LogP contribution in [0.25, 0.3) is 0 Å². The van der Waals surface area contributed by atoms with Gasteiger partial charge < -0.3 is 10.2 Å². The molecule has 1 saturated heterocycles. The van der Waals surface area contributed by atoms with Crippen molar-refractivity contribution in [2.45, 2.75) is 33.2 Å². The highest BCUT2D eigenvalue weighted by atomic mass is 15.2. The molecule has 3 nitrogen and oxygen atoms in total.